The van der Waals surface area contributed by atoms with Gasteiger partial charge in [0.05, 0.1) is 18.8 Å². The van der Waals surface area contributed by atoms with Crippen LogP contribution in [0.15, 0.2) is 66.3 Å². The molecule has 2 nitrogen and oxygen atoms in total. The van der Waals surface area contributed by atoms with E-state index in [9.17, 15) is 22.0 Å². The number of alkyl halides is 3. The van der Waals surface area contributed by atoms with E-state index in [2.05, 4.69) is 0 Å². The molecule has 7 heteroatoms. The first-order valence-electron chi connectivity index (χ1n) is 9.50. The fourth-order valence-electron chi connectivity index (χ4n) is 2.99. The van der Waals surface area contributed by atoms with E-state index in [0.717, 1.165) is 29.8 Å². The quantitative estimate of drug-likeness (QED) is 0.373. The third-order valence-corrected chi connectivity index (χ3v) is 4.71. The Balaban J connectivity index is 1.38. The van der Waals surface area contributed by atoms with Gasteiger partial charge < -0.3 is 9.47 Å². The van der Waals surface area contributed by atoms with Crippen molar-refractivity contribution < 1.29 is 31.4 Å². The SMILES string of the molecule is Fc1ccc(F)c(COc2ccc(CCOCC3C=CC(C(F)(F)F)=CC3)cc2)c1. The van der Waals surface area contributed by atoms with E-state index in [1.165, 1.54) is 12.2 Å². The summed E-state index contributed by atoms with van der Waals surface area (Å²) in [6.45, 7) is 0.721. The summed E-state index contributed by atoms with van der Waals surface area (Å²) < 4.78 is 75.5. The van der Waals surface area contributed by atoms with Gasteiger partial charge in [0.25, 0.3) is 0 Å². The van der Waals surface area contributed by atoms with Crippen molar-refractivity contribution in [2.45, 2.75) is 25.6 Å². The van der Waals surface area contributed by atoms with E-state index >= 15 is 0 Å². The third kappa shape index (κ3) is 6.42. The lowest BCUT2D eigenvalue weighted by Crippen LogP contribution is -2.16. The number of ether oxygens (including phenoxy) is 2. The highest BCUT2D eigenvalue weighted by Gasteiger charge is 2.32. The maximum Gasteiger partial charge on any atom is 0.416 e. The molecule has 2 aromatic carbocycles. The van der Waals surface area contributed by atoms with Crippen LogP contribution in [0.2, 0.25) is 0 Å². The lowest BCUT2D eigenvalue weighted by atomic mass is 9.97. The average Bonchev–Trinajstić information content (AvgIpc) is 2.72. The Morgan fingerprint density at radius 2 is 1.77 bits per heavy atom. The Kier molecular flexibility index (Phi) is 7.26. The summed E-state index contributed by atoms with van der Waals surface area (Å²) in [5, 5.41) is 0. The zero-order valence-corrected chi connectivity index (χ0v) is 16.1. The van der Waals surface area contributed by atoms with Gasteiger partial charge in [0.2, 0.25) is 0 Å². The average molecular weight is 424 g/mol. The predicted octanol–water partition coefficient (Wildman–Crippen LogP) is 6.17. The Morgan fingerprint density at radius 3 is 2.43 bits per heavy atom. The molecule has 1 aliphatic rings. The zero-order valence-electron chi connectivity index (χ0n) is 16.1. The number of hydrogen-bond donors (Lipinski definition) is 0. The molecule has 0 aromatic heterocycles. The van der Waals surface area contributed by atoms with Crippen LogP contribution in [0, 0.1) is 17.6 Å². The highest BCUT2D eigenvalue weighted by Crippen LogP contribution is 2.30. The van der Waals surface area contributed by atoms with Gasteiger partial charge >= 0.3 is 6.18 Å². The van der Waals surface area contributed by atoms with Crippen molar-refractivity contribution in [1.82, 2.24) is 0 Å². The Hall–Kier alpha value is -2.67. The van der Waals surface area contributed by atoms with Gasteiger partial charge in [0.15, 0.2) is 0 Å². The first-order chi connectivity index (χ1) is 14.3. The normalized spacial score (nSPS) is 16.4. The van der Waals surface area contributed by atoms with Crippen molar-refractivity contribution in [3.05, 3.63) is 89.0 Å². The molecule has 30 heavy (non-hydrogen) atoms. The summed E-state index contributed by atoms with van der Waals surface area (Å²) in [6.07, 6.45) is 0.483. The number of allylic oxidation sites excluding steroid dienone is 3. The summed E-state index contributed by atoms with van der Waals surface area (Å²) in [5.41, 5.74) is 0.528. The summed E-state index contributed by atoms with van der Waals surface area (Å²) >= 11 is 0. The second kappa shape index (κ2) is 9.89. The van der Waals surface area contributed by atoms with E-state index < -0.39 is 23.4 Å². The second-order valence-corrected chi connectivity index (χ2v) is 7.01. The molecule has 2 aromatic rings. The minimum atomic E-state index is -4.30. The molecule has 1 atom stereocenters. The molecule has 0 bridgehead atoms. The van der Waals surface area contributed by atoms with E-state index in [1.54, 1.807) is 12.1 Å². The molecule has 0 fully saturated rings. The largest absolute Gasteiger partial charge is 0.489 e. The molecule has 160 valence electrons. The topological polar surface area (TPSA) is 18.5 Å². The number of benzene rings is 2. The lowest BCUT2D eigenvalue weighted by Gasteiger charge is -2.17. The van der Waals surface area contributed by atoms with Crippen molar-refractivity contribution in [2.75, 3.05) is 13.2 Å². The minimum absolute atomic E-state index is 0.0601. The molecule has 0 spiro atoms. The fourth-order valence-corrected chi connectivity index (χ4v) is 2.99. The van der Waals surface area contributed by atoms with Crippen LogP contribution in [0.3, 0.4) is 0 Å². The molecule has 1 unspecified atom stereocenters. The van der Waals surface area contributed by atoms with E-state index in [4.69, 9.17) is 9.47 Å². The second-order valence-electron chi connectivity index (χ2n) is 7.01. The molecular weight excluding hydrogens is 403 g/mol. The van der Waals surface area contributed by atoms with Crippen molar-refractivity contribution in [3.8, 4) is 5.75 Å². The standard InChI is InChI=1S/C23H21F5O2/c24-20-7-10-22(25)18(13-20)15-30-21-8-3-16(4-9-21)11-12-29-14-17-1-5-19(6-2-17)23(26,27)28/h1,3-10,13,17H,2,11-12,14-15H2. The van der Waals surface area contributed by atoms with Crippen LogP contribution >= 0.6 is 0 Å². The molecule has 1 aliphatic carbocycles. The molecular formula is C23H21F5O2. The molecule has 3 rings (SSSR count). The van der Waals surface area contributed by atoms with Crippen molar-refractivity contribution in [1.29, 1.82) is 0 Å². The van der Waals surface area contributed by atoms with Crippen LogP contribution in [0.25, 0.3) is 0 Å². The van der Waals surface area contributed by atoms with Crippen molar-refractivity contribution >= 4 is 0 Å². The molecule has 0 radical (unpaired) electrons. The van der Waals surface area contributed by atoms with Gasteiger partial charge in [-0.15, -0.1) is 0 Å². The molecule has 0 heterocycles. The molecule has 0 N–H and O–H groups in total. The minimum Gasteiger partial charge on any atom is -0.489 e. The van der Waals surface area contributed by atoms with Gasteiger partial charge in [-0.1, -0.05) is 30.4 Å². The van der Waals surface area contributed by atoms with Gasteiger partial charge in [-0.3, -0.25) is 0 Å². The smallest absolute Gasteiger partial charge is 0.416 e. The van der Waals surface area contributed by atoms with Crippen LogP contribution in [-0.4, -0.2) is 19.4 Å². The first kappa shape index (κ1) is 22.0. The van der Waals surface area contributed by atoms with E-state index in [1.807, 2.05) is 12.1 Å². The summed E-state index contributed by atoms with van der Waals surface area (Å²) in [6, 6.07) is 10.4. The molecule has 0 saturated carbocycles. The highest BCUT2D eigenvalue weighted by atomic mass is 19.4. The predicted molar refractivity (Wildman–Crippen MR) is 103 cm³/mol. The van der Waals surface area contributed by atoms with Crippen LogP contribution in [-0.2, 0) is 17.8 Å². The molecule has 0 aliphatic heterocycles. The molecule has 0 saturated heterocycles. The van der Waals surface area contributed by atoms with Crippen molar-refractivity contribution in [3.63, 3.8) is 0 Å². The van der Waals surface area contributed by atoms with Crippen molar-refractivity contribution in [2.24, 2.45) is 5.92 Å². The number of hydrogen-bond acceptors (Lipinski definition) is 2. The van der Waals surface area contributed by atoms with Crippen LogP contribution in [0.4, 0.5) is 22.0 Å². The maximum atomic E-state index is 13.6. The van der Waals surface area contributed by atoms with Gasteiger partial charge in [0.1, 0.15) is 24.0 Å². The van der Waals surface area contributed by atoms with Gasteiger partial charge in [-0.05, 0) is 48.7 Å². The maximum absolute atomic E-state index is 13.6. The first-order valence-corrected chi connectivity index (χ1v) is 9.50. The number of rotatable bonds is 8. The van der Waals surface area contributed by atoms with Gasteiger partial charge in [-0.2, -0.15) is 13.2 Å². The third-order valence-electron chi connectivity index (χ3n) is 4.71. The zero-order chi connectivity index (χ0) is 21.6. The van der Waals surface area contributed by atoms with E-state index in [0.29, 0.717) is 31.8 Å². The summed E-state index contributed by atoms with van der Waals surface area (Å²) in [5.74, 6) is -0.577. The Morgan fingerprint density at radius 1 is 1.00 bits per heavy atom. The summed E-state index contributed by atoms with van der Waals surface area (Å²) in [7, 11) is 0. The summed E-state index contributed by atoms with van der Waals surface area (Å²) in [4.78, 5) is 0. The van der Waals surface area contributed by atoms with Gasteiger partial charge in [0, 0.05) is 11.5 Å². The highest BCUT2D eigenvalue weighted by molar-refractivity contribution is 5.29. The lowest BCUT2D eigenvalue weighted by molar-refractivity contribution is -0.0888. The fraction of sp³-hybridized carbons (Fsp3) is 0.304. The number of halogens is 5. The van der Waals surface area contributed by atoms with E-state index in [-0.39, 0.29) is 18.1 Å². The van der Waals surface area contributed by atoms with Gasteiger partial charge in [-0.25, -0.2) is 8.78 Å². The Bertz CT molecular complexity index is 901. The Labute approximate surface area is 171 Å². The monoisotopic (exact) mass is 424 g/mol. The van der Waals surface area contributed by atoms with Crippen LogP contribution in [0.1, 0.15) is 17.5 Å². The van der Waals surface area contributed by atoms with Crippen LogP contribution < -0.4 is 4.74 Å². The molecule has 0 amide bonds. The van der Waals surface area contributed by atoms with Crippen LogP contribution in [0.5, 0.6) is 5.75 Å².